The first kappa shape index (κ1) is 19.4. The van der Waals surface area contributed by atoms with E-state index in [4.69, 9.17) is 9.72 Å². The lowest BCUT2D eigenvalue weighted by molar-refractivity contribution is 0.123. The van der Waals surface area contributed by atoms with Crippen LogP contribution in [0.5, 0.6) is 0 Å². The number of anilines is 4. The molecule has 0 bridgehead atoms. The van der Waals surface area contributed by atoms with Crippen LogP contribution in [0.1, 0.15) is 0 Å². The molecule has 0 aliphatic carbocycles. The molecule has 1 saturated heterocycles. The standard InChI is InChI=1S/C24H26N6O/c1-28(2)19-7-5-6-18(16-19)27-23-24-26-17-22(30(24)11-10-25-23)20-8-3-4-9-21(20)29-12-14-31-15-13-29/h3-11,16-17H,12-15H2,1-2H3,(H,25,27). The zero-order chi connectivity index (χ0) is 21.2. The number of nitrogens with zero attached hydrogens (tertiary/aromatic N) is 5. The minimum absolute atomic E-state index is 0.730. The van der Waals surface area contributed by atoms with Crippen molar-refractivity contribution in [3.8, 4) is 11.3 Å². The van der Waals surface area contributed by atoms with Gasteiger partial charge in [0.25, 0.3) is 0 Å². The first-order valence-corrected chi connectivity index (χ1v) is 10.5. The van der Waals surface area contributed by atoms with Crippen molar-refractivity contribution in [2.45, 2.75) is 0 Å². The number of morpholine rings is 1. The molecule has 1 N–H and O–H groups in total. The molecule has 5 rings (SSSR count). The van der Waals surface area contributed by atoms with E-state index in [1.54, 1.807) is 0 Å². The summed E-state index contributed by atoms with van der Waals surface area (Å²) >= 11 is 0. The number of para-hydroxylation sites is 1. The van der Waals surface area contributed by atoms with Crippen molar-refractivity contribution in [3.05, 3.63) is 67.1 Å². The lowest BCUT2D eigenvalue weighted by Gasteiger charge is -2.30. The van der Waals surface area contributed by atoms with Crippen molar-refractivity contribution in [2.75, 3.05) is 55.5 Å². The van der Waals surface area contributed by atoms with E-state index in [1.165, 1.54) is 5.69 Å². The van der Waals surface area contributed by atoms with Crippen LogP contribution < -0.4 is 15.1 Å². The minimum atomic E-state index is 0.730. The third kappa shape index (κ3) is 3.80. The van der Waals surface area contributed by atoms with E-state index in [1.807, 2.05) is 44.8 Å². The van der Waals surface area contributed by atoms with Gasteiger partial charge in [-0.05, 0) is 24.3 Å². The molecule has 158 valence electrons. The summed E-state index contributed by atoms with van der Waals surface area (Å²) in [4.78, 5) is 13.7. The molecule has 0 atom stereocenters. The van der Waals surface area contributed by atoms with Gasteiger partial charge in [-0.1, -0.05) is 24.3 Å². The predicted octanol–water partition coefficient (Wildman–Crippen LogP) is 4.04. The van der Waals surface area contributed by atoms with Crippen LogP contribution in [0.25, 0.3) is 16.9 Å². The summed E-state index contributed by atoms with van der Waals surface area (Å²) in [5.41, 5.74) is 6.31. The minimum Gasteiger partial charge on any atom is -0.378 e. The van der Waals surface area contributed by atoms with Gasteiger partial charge in [0, 0.05) is 62.2 Å². The normalized spacial score (nSPS) is 14.1. The van der Waals surface area contributed by atoms with Crippen molar-refractivity contribution >= 4 is 28.5 Å². The number of aromatic nitrogens is 3. The van der Waals surface area contributed by atoms with E-state index in [-0.39, 0.29) is 0 Å². The number of ether oxygens (including phenoxy) is 1. The first-order valence-electron chi connectivity index (χ1n) is 10.5. The summed E-state index contributed by atoms with van der Waals surface area (Å²) in [6.07, 6.45) is 5.71. The number of nitrogens with one attached hydrogen (secondary N) is 1. The zero-order valence-corrected chi connectivity index (χ0v) is 17.8. The maximum atomic E-state index is 5.54. The average Bonchev–Trinajstić information content (AvgIpc) is 3.25. The maximum Gasteiger partial charge on any atom is 0.180 e. The van der Waals surface area contributed by atoms with Crippen molar-refractivity contribution in [2.24, 2.45) is 0 Å². The van der Waals surface area contributed by atoms with E-state index in [0.29, 0.717) is 0 Å². The Morgan fingerprint density at radius 2 is 1.84 bits per heavy atom. The van der Waals surface area contributed by atoms with Gasteiger partial charge in [-0.3, -0.25) is 4.40 Å². The topological polar surface area (TPSA) is 57.9 Å². The van der Waals surface area contributed by atoms with Crippen LogP contribution in [-0.4, -0.2) is 54.8 Å². The van der Waals surface area contributed by atoms with E-state index < -0.39 is 0 Å². The van der Waals surface area contributed by atoms with E-state index >= 15 is 0 Å². The van der Waals surface area contributed by atoms with Crippen LogP contribution in [0, 0.1) is 0 Å². The highest BCUT2D eigenvalue weighted by molar-refractivity contribution is 5.81. The van der Waals surface area contributed by atoms with Gasteiger partial charge < -0.3 is 19.9 Å². The smallest absolute Gasteiger partial charge is 0.180 e. The number of fused-ring (bicyclic) bond motifs is 1. The van der Waals surface area contributed by atoms with E-state index in [0.717, 1.165) is 60.4 Å². The Bertz CT molecular complexity index is 1200. The third-order valence-electron chi connectivity index (χ3n) is 5.59. The molecule has 0 radical (unpaired) electrons. The number of rotatable bonds is 5. The lowest BCUT2D eigenvalue weighted by Crippen LogP contribution is -2.36. The summed E-state index contributed by atoms with van der Waals surface area (Å²) in [6.45, 7) is 3.30. The van der Waals surface area contributed by atoms with Gasteiger partial charge in [0.2, 0.25) is 0 Å². The van der Waals surface area contributed by atoms with Crippen molar-refractivity contribution < 1.29 is 4.74 Å². The molecule has 0 saturated carbocycles. The van der Waals surface area contributed by atoms with Crippen LogP contribution in [0.3, 0.4) is 0 Å². The summed E-state index contributed by atoms with van der Waals surface area (Å²) in [5, 5.41) is 3.44. The molecule has 1 aliphatic rings. The molecule has 7 nitrogen and oxygen atoms in total. The van der Waals surface area contributed by atoms with Crippen LogP contribution in [0.15, 0.2) is 67.1 Å². The van der Waals surface area contributed by atoms with Crippen LogP contribution in [0.4, 0.5) is 22.9 Å². The van der Waals surface area contributed by atoms with Crippen molar-refractivity contribution in [1.29, 1.82) is 0 Å². The Kier molecular flexibility index (Phi) is 5.18. The van der Waals surface area contributed by atoms with Gasteiger partial charge in [-0.2, -0.15) is 0 Å². The molecule has 4 aromatic rings. The lowest BCUT2D eigenvalue weighted by atomic mass is 10.1. The molecule has 7 heteroatoms. The van der Waals surface area contributed by atoms with Gasteiger partial charge >= 0.3 is 0 Å². The zero-order valence-electron chi connectivity index (χ0n) is 17.8. The SMILES string of the molecule is CN(C)c1cccc(Nc2nccn3c(-c4ccccc4N4CCOCC4)cnc23)c1. The van der Waals surface area contributed by atoms with Crippen molar-refractivity contribution in [1.82, 2.24) is 14.4 Å². The summed E-state index contributed by atoms with van der Waals surface area (Å²) < 4.78 is 7.64. The molecule has 0 spiro atoms. The average molecular weight is 415 g/mol. The highest BCUT2D eigenvalue weighted by Gasteiger charge is 2.18. The monoisotopic (exact) mass is 414 g/mol. The molecule has 2 aromatic carbocycles. The summed E-state index contributed by atoms with van der Waals surface area (Å²) in [7, 11) is 4.07. The van der Waals surface area contributed by atoms with Gasteiger partial charge in [-0.25, -0.2) is 9.97 Å². The second-order valence-electron chi connectivity index (χ2n) is 7.80. The second-order valence-corrected chi connectivity index (χ2v) is 7.80. The molecule has 1 fully saturated rings. The molecule has 31 heavy (non-hydrogen) atoms. The summed E-state index contributed by atoms with van der Waals surface area (Å²) in [6, 6.07) is 16.7. The first-order chi connectivity index (χ1) is 15.2. The largest absolute Gasteiger partial charge is 0.378 e. The Balaban J connectivity index is 1.53. The number of imidazole rings is 1. The Morgan fingerprint density at radius 3 is 2.68 bits per heavy atom. The van der Waals surface area contributed by atoms with Crippen LogP contribution >= 0.6 is 0 Å². The number of hydrogen-bond acceptors (Lipinski definition) is 6. The van der Waals surface area contributed by atoms with Gasteiger partial charge in [0.15, 0.2) is 11.5 Å². The Hall–Kier alpha value is -3.58. The molecule has 1 aliphatic heterocycles. The van der Waals surface area contributed by atoms with Crippen LogP contribution in [-0.2, 0) is 4.74 Å². The molecule has 2 aromatic heterocycles. The molecular formula is C24H26N6O. The Morgan fingerprint density at radius 1 is 1.00 bits per heavy atom. The van der Waals surface area contributed by atoms with Gasteiger partial charge in [0.05, 0.1) is 25.1 Å². The summed E-state index contributed by atoms with van der Waals surface area (Å²) in [5.74, 6) is 0.730. The molecule has 0 amide bonds. The fraction of sp³-hybridized carbons (Fsp3) is 0.250. The third-order valence-corrected chi connectivity index (χ3v) is 5.59. The molecule has 0 unspecified atom stereocenters. The maximum absolute atomic E-state index is 5.54. The van der Waals surface area contributed by atoms with Crippen LogP contribution in [0.2, 0.25) is 0 Å². The quantitative estimate of drug-likeness (QED) is 0.532. The van der Waals surface area contributed by atoms with Gasteiger partial charge in [-0.15, -0.1) is 0 Å². The second kappa shape index (κ2) is 8.28. The predicted molar refractivity (Wildman–Crippen MR) is 126 cm³/mol. The fourth-order valence-electron chi connectivity index (χ4n) is 3.98. The highest BCUT2D eigenvalue weighted by atomic mass is 16.5. The number of benzene rings is 2. The molecular weight excluding hydrogens is 388 g/mol. The fourth-order valence-corrected chi connectivity index (χ4v) is 3.98. The highest BCUT2D eigenvalue weighted by Crippen LogP contribution is 2.33. The van der Waals surface area contributed by atoms with Gasteiger partial charge in [0.1, 0.15) is 0 Å². The van der Waals surface area contributed by atoms with E-state index in [9.17, 15) is 0 Å². The Labute approximate surface area is 181 Å². The van der Waals surface area contributed by atoms with Crippen molar-refractivity contribution in [3.63, 3.8) is 0 Å². The number of hydrogen-bond donors (Lipinski definition) is 1. The molecule has 3 heterocycles. The van der Waals surface area contributed by atoms with E-state index in [2.05, 4.69) is 60.9 Å².